The molecule has 0 unspecified atom stereocenters. The molecule has 6 nitrogen and oxygen atoms in total. The van der Waals surface area contributed by atoms with Gasteiger partial charge < -0.3 is 15.2 Å². The highest BCUT2D eigenvalue weighted by atomic mass is 127. The van der Waals surface area contributed by atoms with Gasteiger partial charge in [0.25, 0.3) is 5.69 Å². The summed E-state index contributed by atoms with van der Waals surface area (Å²) in [6.45, 7) is 1.69. The molecule has 7 heteroatoms. The third-order valence-corrected chi connectivity index (χ3v) is 3.04. The molecule has 1 aromatic rings. The van der Waals surface area contributed by atoms with Crippen molar-refractivity contribution in [3.63, 3.8) is 0 Å². The van der Waals surface area contributed by atoms with E-state index in [1.807, 2.05) is 22.6 Å². The molecule has 18 heavy (non-hydrogen) atoms. The number of anilines is 1. The number of hydrogen-bond donors (Lipinski definition) is 2. The first-order chi connectivity index (χ1) is 8.65. The summed E-state index contributed by atoms with van der Waals surface area (Å²) in [6.07, 6.45) is 0.813. The highest BCUT2D eigenvalue weighted by Crippen LogP contribution is 2.23. The maximum Gasteiger partial charge on any atom is 0.282 e. The number of nitro groups is 1. The fourth-order valence-electron chi connectivity index (χ4n) is 1.34. The molecule has 0 radical (unpaired) electrons. The molecular weight excluding hydrogens is 351 g/mol. The average molecular weight is 366 g/mol. The zero-order valence-electron chi connectivity index (χ0n) is 9.76. The van der Waals surface area contributed by atoms with Gasteiger partial charge >= 0.3 is 0 Å². The summed E-state index contributed by atoms with van der Waals surface area (Å²) in [4.78, 5) is 10.2. The lowest BCUT2D eigenvalue weighted by atomic mass is 10.3. The molecule has 100 valence electrons. The van der Waals surface area contributed by atoms with E-state index in [1.165, 1.54) is 6.07 Å². The van der Waals surface area contributed by atoms with Crippen molar-refractivity contribution >= 4 is 34.0 Å². The zero-order chi connectivity index (χ0) is 13.4. The third-order valence-electron chi connectivity index (χ3n) is 2.17. The molecule has 0 bridgehead atoms. The van der Waals surface area contributed by atoms with Crippen molar-refractivity contribution in [1.82, 2.24) is 0 Å². The van der Waals surface area contributed by atoms with E-state index < -0.39 is 4.92 Å². The summed E-state index contributed by atoms with van der Waals surface area (Å²) < 4.78 is 5.72. The van der Waals surface area contributed by atoms with Crippen LogP contribution in [0, 0.1) is 13.7 Å². The van der Waals surface area contributed by atoms with Crippen LogP contribution in [0.15, 0.2) is 18.2 Å². The molecule has 0 saturated carbocycles. The predicted octanol–water partition coefficient (Wildman–Crippen LogP) is 2.01. The van der Waals surface area contributed by atoms with Crippen LogP contribution in [0.1, 0.15) is 6.42 Å². The largest absolute Gasteiger partial charge is 0.394 e. The van der Waals surface area contributed by atoms with E-state index in [1.54, 1.807) is 12.1 Å². The number of hydrogen-bond acceptors (Lipinski definition) is 5. The van der Waals surface area contributed by atoms with E-state index in [0.717, 1.165) is 18.7 Å². The van der Waals surface area contributed by atoms with Crippen LogP contribution in [0.4, 0.5) is 11.4 Å². The quantitative estimate of drug-likeness (QED) is 0.318. The lowest BCUT2D eigenvalue weighted by Gasteiger charge is -2.07. The number of aliphatic hydroxyl groups is 1. The van der Waals surface area contributed by atoms with Crippen LogP contribution in [-0.2, 0) is 4.74 Å². The van der Waals surface area contributed by atoms with Gasteiger partial charge in [-0.1, -0.05) is 0 Å². The van der Waals surface area contributed by atoms with Gasteiger partial charge in [0.15, 0.2) is 0 Å². The lowest BCUT2D eigenvalue weighted by molar-refractivity contribution is -0.385. The van der Waals surface area contributed by atoms with Crippen molar-refractivity contribution in [2.75, 3.05) is 31.7 Å². The van der Waals surface area contributed by atoms with Crippen molar-refractivity contribution in [2.45, 2.75) is 6.42 Å². The van der Waals surface area contributed by atoms with E-state index in [0.29, 0.717) is 16.8 Å². The van der Waals surface area contributed by atoms with Crippen LogP contribution in [-0.4, -0.2) is 36.4 Å². The minimum atomic E-state index is -0.395. The molecule has 0 aromatic heterocycles. The molecule has 0 aliphatic heterocycles. The number of benzene rings is 1. The summed E-state index contributed by atoms with van der Waals surface area (Å²) in [5, 5.41) is 22.3. The molecule has 0 heterocycles. The number of rotatable bonds is 8. The maximum absolute atomic E-state index is 10.6. The monoisotopic (exact) mass is 366 g/mol. The van der Waals surface area contributed by atoms with Gasteiger partial charge in [-0.15, -0.1) is 0 Å². The van der Waals surface area contributed by atoms with Gasteiger partial charge in [0.2, 0.25) is 0 Å². The molecule has 0 aliphatic rings. The second kappa shape index (κ2) is 8.22. The van der Waals surface area contributed by atoms with E-state index in [9.17, 15) is 10.1 Å². The highest BCUT2D eigenvalue weighted by Gasteiger charge is 2.10. The Labute approximate surface area is 119 Å². The standard InChI is InChI=1S/C11H15IN2O4/c12-10-8-9(2-3-11(10)14(16)17)13-4-1-6-18-7-5-15/h2-3,8,13,15H,1,4-7H2. The molecule has 0 atom stereocenters. The first kappa shape index (κ1) is 15.1. The van der Waals surface area contributed by atoms with Crippen LogP contribution in [0.3, 0.4) is 0 Å². The molecule has 0 saturated heterocycles. The van der Waals surface area contributed by atoms with Crippen LogP contribution in [0.2, 0.25) is 0 Å². The van der Waals surface area contributed by atoms with Crippen LogP contribution < -0.4 is 5.32 Å². The molecule has 1 rings (SSSR count). The minimum Gasteiger partial charge on any atom is -0.394 e. The number of nitrogens with zero attached hydrogens (tertiary/aromatic N) is 1. The number of nitrogens with one attached hydrogen (secondary N) is 1. The van der Waals surface area contributed by atoms with E-state index in [4.69, 9.17) is 9.84 Å². The first-order valence-electron chi connectivity index (χ1n) is 5.51. The molecule has 1 aromatic carbocycles. The molecular formula is C11H15IN2O4. The predicted molar refractivity (Wildman–Crippen MR) is 76.8 cm³/mol. The second-order valence-electron chi connectivity index (χ2n) is 3.54. The Balaban J connectivity index is 2.35. The Morgan fingerprint density at radius 2 is 2.22 bits per heavy atom. The van der Waals surface area contributed by atoms with Crippen LogP contribution in [0.25, 0.3) is 0 Å². The zero-order valence-corrected chi connectivity index (χ0v) is 11.9. The fourth-order valence-corrected chi connectivity index (χ4v) is 2.05. The Morgan fingerprint density at radius 1 is 1.44 bits per heavy atom. The van der Waals surface area contributed by atoms with E-state index in [2.05, 4.69) is 5.32 Å². The second-order valence-corrected chi connectivity index (χ2v) is 4.70. The minimum absolute atomic E-state index is 0.0357. The number of nitro benzene ring substituents is 1. The smallest absolute Gasteiger partial charge is 0.282 e. The SMILES string of the molecule is O=[N+]([O-])c1ccc(NCCCOCCO)cc1I. The molecule has 0 fully saturated rings. The number of ether oxygens (including phenoxy) is 1. The van der Waals surface area contributed by atoms with Crippen molar-refractivity contribution in [3.05, 3.63) is 31.9 Å². The normalized spacial score (nSPS) is 10.3. The van der Waals surface area contributed by atoms with Gasteiger partial charge in [0.05, 0.1) is 21.7 Å². The van der Waals surface area contributed by atoms with Gasteiger partial charge in [-0.05, 0) is 41.1 Å². The third kappa shape index (κ3) is 5.15. The molecule has 2 N–H and O–H groups in total. The average Bonchev–Trinajstić information content (AvgIpc) is 2.33. The molecule has 0 amide bonds. The first-order valence-corrected chi connectivity index (χ1v) is 6.59. The summed E-state index contributed by atoms with van der Waals surface area (Å²) in [6, 6.07) is 4.93. The molecule has 0 aliphatic carbocycles. The van der Waals surface area contributed by atoms with E-state index >= 15 is 0 Å². The van der Waals surface area contributed by atoms with Crippen LogP contribution >= 0.6 is 22.6 Å². The van der Waals surface area contributed by atoms with Crippen molar-refractivity contribution < 1.29 is 14.8 Å². The van der Waals surface area contributed by atoms with Crippen LogP contribution in [0.5, 0.6) is 0 Å². The Hall–Kier alpha value is -0.930. The topological polar surface area (TPSA) is 84.6 Å². The van der Waals surface area contributed by atoms with E-state index in [-0.39, 0.29) is 12.3 Å². The maximum atomic E-state index is 10.6. The Morgan fingerprint density at radius 3 is 2.83 bits per heavy atom. The van der Waals surface area contributed by atoms with Gasteiger partial charge in [-0.3, -0.25) is 10.1 Å². The number of aliphatic hydroxyl groups excluding tert-OH is 1. The Kier molecular flexibility index (Phi) is 6.91. The summed E-state index contributed by atoms with van der Waals surface area (Å²) >= 11 is 1.95. The van der Waals surface area contributed by atoms with Gasteiger partial charge in [-0.2, -0.15) is 0 Å². The van der Waals surface area contributed by atoms with Gasteiger partial charge in [-0.25, -0.2) is 0 Å². The Bertz CT molecular complexity index is 401. The van der Waals surface area contributed by atoms with Gasteiger partial charge in [0, 0.05) is 24.9 Å². The number of halogens is 1. The fraction of sp³-hybridized carbons (Fsp3) is 0.455. The lowest BCUT2D eigenvalue weighted by Crippen LogP contribution is -2.07. The summed E-state index contributed by atoms with van der Waals surface area (Å²) in [5.41, 5.74) is 0.972. The van der Waals surface area contributed by atoms with Crippen molar-refractivity contribution in [1.29, 1.82) is 0 Å². The van der Waals surface area contributed by atoms with Crippen molar-refractivity contribution in [2.24, 2.45) is 0 Å². The summed E-state index contributed by atoms with van der Waals surface area (Å²) in [7, 11) is 0. The van der Waals surface area contributed by atoms with Gasteiger partial charge in [0.1, 0.15) is 0 Å². The highest BCUT2D eigenvalue weighted by molar-refractivity contribution is 14.1. The molecule has 0 spiro atoms. The van der Waals surface area contributed by atoms with Crippen molar-refractivity contribution in [3.8, 4) is 0 Å². The summed E-state index contributed by atoms with van der Waals surface area (Å²) in [5.74, 6) is 0.